The maximum atomic E-state index is 12.6. The number of aliphatic hydroxyl groups excluding tert-OH is 3. The molecule has 344 valence electrons. The number of unbranched alkanes of at least 4 members (excludes halogenated alkanes) is 13. The zero-order valence-electron chi connectivity index (χ0n) is 37.0. The van der Waals surface area contributed by atoms with Crippen LogP contribution in [-0.2, 0) is 32.7 Å². The summed E-state index contributed by atoms with van der Waals surface area (Å²) in [5.41, 5.74) is 0. The van der Waals surface area contributed by atoms with Crippen molar-refractivity contribution in [2.45, 2.75) is 180 Å². The first-order valence-electron chi connectivity index (χ1n) is 22.7. The van der Waals surface area contributed by atoms with E-state index >= 15 is 0 Å². The number of ether oxygens (including phenoxy) is 2. The molecule has 0 aliphatic heterocycles. The lowest BCUT2D eigenvalue weighted by Gasteiger charge is -2.20. The molecule has 0 amide bonds. The molecule has 0 heterocycles. The van der Waals surface area contributed by atoms with E-state index in [2.05, 4.69) is 67.0 Å². The Hall–Kier alpha value is -2.89. The van der Waals surface area contributed by atoms with Crippen molar-refractivity contribution < 1.29 is 52.9 Å². The number of allylic oxidation sites excluding steroid dienone is 12. The molecule has 0 aromatic rings. The van der Waals surface area contributed by atoms with Crippen LogP contribution < -0.4 is 0 Å². The van der Waals surface area contributed by atoms with Gasteiger partial charge in [-0.05, 0) is 70.6 Å². The maximum Gasteiger partial charge on any atom is 0.472 e. The second kappa shape index (κ2) is 42.8. The van der Waals surface area contributed by atoms with E-state index in [1.807, 2.05) is 12.2 Å². The van der Waals surface area contributed by atoms with Gasteiger partial charge in [0.1, 0.15) is 12.7 Å². The summed E-state index contributed by atoms with van der Waals surface area (Å²) in [7, 11) is -4.67. The molecule has 0 aromatic heterocycles. The van der Waals surface area contributed by atoms with Crippen LogP contribution in [0.3, 0.4) is 0 Å². The molecule has 0 spiro atoms. The Labute approximate surface area is 363 Å². The minimum atomic E-state index is -4.67. The van der Waals surface area contributed by atoms with Gasteiger partial charge in [-0.25, -0.2) is 4.57 Å². The molecular weight excluding hydrogens is 783 g/mol. The number of aliphatic hydroxyl groups is 3. The maximum absolute atomic E-state index is 12.6. The van der Waals surface area contributed by atoms with Crippen LogP contribution in [0.2, 0.25) is 0 Å². The standard InChI is InChI=1S/C48H81O11P/c1-3-5-7-9-11-13-15-17-18-19-20-22-24-26-28-30-34-38-47(52)56-42-46(43-58-60(54,55)57-41-45(51)40-49)59-48(53)39-35-31-33-37-44(50)36-32-29-27-25-23-21-16-14-12-10-8-6-4-2/h6,8,12,14,17-18,21,23,27,29,31-33,36,44-46,49-51H,3-5,7,9-11,13,15-16,19-20,22,24-26,28,30,34-35,37-43H2,1-2H3,(H,54,55)/b8-6-,14-12-,18-17-,23-21-,29-27-,33-31-,36-32-/t44?,45-,46+/m0/s1. The highest BCUT2D eigenvalue weighted by Crippen LogP contribution is 2.43. The highest BCUT2D eigenvalue weighted by atomic mass is 31.2. The molecule has 12 heteroatoms. The fraction of sp³-hybridized carbons (Fsp3) is 0.667. The second-order valence-electron chi connectivity index (χ2n) is 14.9. The number of hydrogen-bond acceptors (Lipinski definition) is 10. The lowest BCUT2D eigenvalue weighted by Crippen LogP contribution is -2.29. The number of hydrogen-bond donors (Lipinski definition) is 4. The number of phosphoric ester groups is 1. The molecule has 0 saturated carbocycles. The van der Waals surface area contributed by atoms with Crippen LogP contribution in [0, 0.1) is 0 Å². The highest BCUT2D eigenvalue weighted by molar-refractivity contribution is 7.47. The van der Waals surface area contributed by atoms with Gasteiger partial charge in [-0.3, -0.25) is 18.6 Å². The zero-order chi connectivity index (χ0) is 44.2. The first kappa shape index (κ1) is 57.1. The van der Waals surface area contributed by atoms with Crippen LogP contribution in [0.5, 0.6) is 0 Å². The van der Waals surface area contributed by atoms with Crippen molar-refractivity contribution in [1.82, 2.24) is 0 Å². The summed E-state index contributed by atoms with van der Waals surface area (Å²) in [5, 5.41) is 28.6. The number of carbonyl (C=O) groups excluding carboxylic acids is 2. The third-order valence-corrected chi connectivity index (χ3v) is 10.1. The van der Waals surface area contributed by atoms with Crippen molar-refractivity contribution in [3.05, 3.63) is 85.1 Å². The molecule has 2 unspecified atom stereocenters. The summed E-state index contributed by atoms with van der Waals surface area (Å²) in [4.78, 5) is 35.0. The summed E-state index contributed by atoms with van der Waals surface area (Å²) in [6, 6.07) is 0. The smallest absolute Gasteiger partial charge is 0.462 e. The molecule has 0 saturated heterocycles. The lowest BCUT2D eigenvalue weighted by atomic mass is 10.1. The van der Waals surface area contributed by atoms with Gasteiger partial charge in [0.15, 0.2) is 6.10 Å². The van der Waals surface area contributed by atoms with Gasteiger partial charge in [0, 0.05) is 12.8 Å². The van der Waals surface area contributed by atoms with E-state index in [1.54, 1.807) is 24.3 Å². The van der Waals surface area contributed by atoms with E-state index in [-0.39, 0.29) is 19.4 Å². The first-order chi connectivity index (χ1) is 29.1. The van der Waals surface area contributed by atoms with E-state index in [9.17, 15) is 29.3 Å². The molecule has 0 bridgehead atoms. The van der Waals surface area contributed by atoms with Crippen LogP contribution in [0.15, 0.2) is 85.1 Å². The molecule has 0 aliphatic rings. The summed E-state index contributed by atoms with van der Waals surface area (Å²) in [5.74, 6) is -1.12. The monoisotopic (exact) mass is 865 g/mol. The Balaban J connectivity index is 4.51. The summed E-state index contributed by atoms with van der Waals surface area (Å²) in [6.07, 6.45) is 47.2. The minimum Gasteiger partial charge on any atom is -0.462 e. The van der Waals surface area contributed by atoms with Gasteiger partial charge in [-0.2, -0.15) is 0 Å². The zero-order valence-corrected chi connectivity index (χ0v) is 37.9. The molecular formula is C48H81O11P. The Morgan fingerprint density at radius 3 is 1.75 bits per heavy atom. The Morgan fingerprint density at radius 2 is 1.13 bits per heavy atom. The van der Waals surface area contributed by atoms with E-state index in [0.29, 0.717) is 19.3 Å². The molecule has 0 aliphatic carbocycles. The van der Waals surface area contributed by atoms with Gasteiger partial charge in [0.05, 0.1) is 25.9 Å². The average molecular weight is 865 g/mol. The van der Waals surface area contributed by atoms with Crippen LogP contribution in [0.4, 0.5) is 0 Å². The third-order valence-electron chi connectivity index (χ3n) is 9.13. The number of rotatable bonds is 41. The van der Waals surface area contributed by atoms with Gasteiger partial charge in [0.25, 0.3) is 0 Å². The van der Waals surface area contributed by atoms with E-state index in [0.717, 1.165) is 51.4 Å². The quantitative estimate of drug-likeness (QED) is 0.0152. The van der Waals surface area contributed by atoms with Crippen molar-refractivity contribution in [3.8, 4) is 0 Å². The van der Waals surface area contributed by atoms with Gasteiger partial charge >= 0.3 is 19.8 Å². The van der Waals surface area contributed by atoms with Crippen molar-refractivity contribution in [3.63, 3.8) is 0 Å². The van der Waals surface area contributed by atoms with Crippen LogP contribution in [0.1, 0.15) is 162 Å². The fourth-order valence-corrected chi connectivity index (χ4v) is 6.42. The third kappa shape index (κ3) is 41.8. The van der Waals surface area contributed by atoms with Gasteiger partial charge in [-0.1, -0.05) is 163 Å². The average Bonchev–Trinajstić information content (AvgIpc) is 3.23. The minimum absolute atomic E-state index is 0.0270. The fourth-order valence-electron chi connectivity index (χ4n) is 5.63. The Kier molecular flexibility index (Phi) is 40.7. The van der Waals surface area contributed by atoms with E-state index in [4.69, 9.17) is 19.1 Å². The van der Waals surface area contributed by atoms with Crippen LogP contribution in [0.25, 0.3) is 0 Å². The largest absolute Gasteiger partial charge is 0.472 e. The van der Waals surface area contributed by atoms with Gasteiger partial charge in [-0.15, -0.1) is 0 Å². The molecule has 60 heavy (non-hydrogen) atoms. The topological polar surface area (TPSA) is 169 Å². The van der Waals surface area contributed by atoms with Crippen molar-refractivity contribution >= 4 is 19.8 Å². The van der Waals surface area contributed by atoms with E-state index < -0.39 is 57.9 Å². The van der Waals surface area contributed by atoms with Crippen LogP contribution in [-0.4, -0.2) is 76.9 Å². The summed E-state index contributed by atoms with van der Waals surface area (Å²) < 4.78 is 32.6. The van der Waals surface area contributed by atoms with Gasteiger partial charge in [0.2, 0.25) is 0 Å². The molecule has 4 atom stereocenters. The van der Waals surface area contributed by atoms with Crippen molar-refractivity contribution in [1.29, 1.82) is 0 Å². The predicted molar refractivity (Wildman–Crippen MR) is 243 cm³/mol. The summed E-state index contributed by atoms with van der Waals surface area (Å²) in [6.45, 7) is 2.04. The van der Waals surface area contributed by atoms with Crippen molar-refractivity contribution in [2.75, 3.05) is 26.4 Å². The molecule has 0 aromatic carbocycles. The number of esters is 2. The Bertz CT molecular complexity index is 1290. The highest BCUT2D eigenvalue weighted by Gasteiger charge is 2.27. The molecule has 0 rings (SSSR count). The summed E-state index contributed by atoms with van der Waals surface area (Å²) >= 11 is 0. The Morgan fingerprint density at radius 1 is 0.583 bits per heavy atom. The number of carbonyl (C=O) groups is 2. The normalized spacial score (nSPS) is 15.1. The lowest BCUT2D eigenvalue weighted by molar-refractivity contribution is -0.161. The van der Waals surface area contributed by atoms with Gasteiger partial charge < -0.3 is 29.7 Å². The van der Waals surface area contributed by atoms with Crippen LogP contribution >= 0.6 is 7.82 Å². The molecule has 0 fully saturated rings. The molecule has 4 N–H and O–H groups in total. The SMILES string of the molecule is CC/C=C\C/C=C\C/C=C\C/C=C\C=C/C(O)C/C=C\CCC(=O)O[C@H](COC(=O)CCCCCCCCC/C=C\CCCCCCCC)COP(=O)(O)OC[C@@H](O)CO. The molecule has 0 radical (unpaired) electrons. The predicted octanol–water partition coefficient (Wildman–Crippen LogP) is 11.2. The van der Waals surface area contributed by atoms with Crippen molar-refractivity contribution in [2.24, 2.45) is 0 Å². The molecule has 11 nitrogen and oxygen atoms in total. The number of phosphoric acid groups is 1. The second-order valence-corrected chi connectivity index (χ2v) is 16.3. The van der Waals surface area contributed by atoms with E-state index in [1.165, 1.54) is 64.2 Å². The first-order valence-corrected chi connectivity index (χ1v) is 24.1.